The molecular formula is C7H10N2O2. The molecule has 0 fully saturated rings. The van der Waals surface area contributed by atoms with Crippen LogP contribution in [-0.4, -0.2) is 12.1 Å². The van der Waals surface area contributed by atoms with Crippen molar-refractivity contribution in [1.29, 1.82) is 0 Å². The van der Waals surface area contributed by atoms with Gasteiger partial charge in [0.1, 0.15) is 5.75 Å². The summed E-state index contributed by atoms with van der Waals surface area (Å²) in [6, 6.07) is 1.82. The first-order valence-electron chi connectivity index (χ1n) is 3.16. The molecule has 60 valence electrons. The van der Waals surface area contributed by atoms with Gasteiger partial charge in [-0.1, -0.05) is 0 Å². The van der Waals surface area contributed by atoms with Gasteiger partial charge >= 0.3 is 0 Å². The molecular weight excluding hydrogens is 144 g/mol. The minimum absolute atomic E-state index is 0.351. The lowest BCUT2D eigenvalue weighted by molar-refractivity contribution is 0.123. The van der Waals surface area contributed by atoms with Crippen LogP contribution in [0.15, 0.2) is 18.5 Å². The van der Waals surface area contributed by atoms with Crippen molar-refractivity contribution in [2.24, 2.45) is 5.90 Å². The van der Waals surface area contributed by atoms with Gasteiger partial charge in [0.2, 0.25) is 0 Å². The van der Waals surface area contributed by atoms with Crippen LogP contribution in [-0.2, 0) is 11.4 Å². The normalized spacial score (nSPS) is 9.64. The quantitative estimate of drug-likeness (QED) is 0.643. The molecule has 4 nitrogen and oxygen atoms in total. The maximum absolute atomic E-state index is 4.94. The molecule has 0 saturated heterocycles. The van der Waals surface area contributed by atoms with E-state index in [-0.39, 0.29) is 0 Å². The molecule has 1 rings (SSSR count). The average Bonchev–Trinajstić information content (AvgIpc) is 2.06. The van der Waals surface area contributed by atoms with Crippen molar-refractivity contribution in [3.8, 4) is 5.75 Å². The van der Waals surface area contributed by atoms with E-state index in [0.29, 0.717) is 12.4 Å². The molecule has 0 saturated carbocycles. The SMILES string of the molecule is COc1cncc(CON)c1. The first-order chi connectivity index (χ1) is 5.36. The highest BCUT2D eigenvalue weighted by molar-refractivity contribution is 5.22. The summed E-state index contributed by atoms with van der Waals surface area (Å²) in [5.74, 6) is 5.59. The highest BCUT2D eigenvalue weighted by Gasteiger charge is 1.94. The Balaban J connectivity index is 2.74. The van der Waals surface area contributed by atoms with Crippen molar-refractivity contribution < 1.29 is 9.57 Å². The lowest BCUT2D eigenvalue weighted by Crippen LogP contribution is -1.99. The smallest absolute Gasteiger partial charge is 0.137 e. The number of nitrogens with zero attached hydrogens (tertiary/aromatic N) is 1. The molecule has 0 aliphatic carbocycles. The summed E-state index contributed by atoms with van der Waals surface area (Å²) in [5, 5.41) is 0. The second-order valence-corrected chi connectivity index (χ2v) is 2.04. The monoisotopic (exact) mass is 154 g/mol. The van der Waals surface area contributed by atoms with Crippen molar-refractivity contribution in [2.75, 3.05) is 7.11 Å². The maximum Gasteiger partial charge on any atom is 0.137 e. The van der Waals surface area contributed by atoms with E-state index < -0.39 is 0 Å². The van der Waals surface area contributed by atoms with Gasteiger partial charge in [-0.3, -0.25) is 9.82 Å². The van der Waals surface area contributed by atoms with Gasteiger partial charge in [-0.2, -0.15) is 0 Å². The zero-order valence-electron chi connectivity index (χ0n) is 6.28. The molecule has 1 heterocycles. The van der Waals surface area contributed by atoms with Crippen LogP contribution in [0.5, 0.6) is 5.75 Å². The third-order valence-electron chi connectivity index (χ3n) is 1.26. The van der Waals surface area contributed by atoms with Gasteiger partial charge in [0.25, 0.3) is 0 Å². The predicted molar refractivity (Wildman–Crippen MR) is 39.8 cm³/mol. The fourth-order valence-electron chi connectivity index (χ4n) is 0.751. The molecule has 0 aliphatic heterocycles. The molecule has 4 heteroatoms. The fraction of sp³-hybridized carbons (Fsp3) is 0.286. The van der Waals surface area contributed by atoms with Gasteiger partial charge in [0, 0.05) is 11.8 Å². The van der Waals surface area contributed by atoms with Crippen molar-refractivity contribution in [3.63, 3.8) is 0 Å². The molecule has 0 unspecified atom stereocenters. The van der Waals surface area contributed by atoms with E-state index in [9.17, 15) is 0 Å². The molecule has 1 aromatic heterocycles. The minimum atomic E-state index is 0.351. The number of rotatable bonds is 3. The Morgan fingerprint density at radius 2 is 2.36 bits per heavy atom. The van der Waals surface area contributed by atoms with Crippen molar-refractivity contribution in [1.82, 2.24) is 4.98 Å². The Morgan fingerprint density at radius 1 is 1.55 bits per heavy atom. The molecule has 2 N–H and O–H groups in total. The Morgan fingerprint density at radius 3 is 3.00 bits per heavy atom. The standard InChI is InChI=1S/C7H10N2O2/c1-10-7-2-6(5-11-8)3-9-4-7/h2-4H,5,8H2,1H3. The number of hydrogen-bond acceptors (Lipinski definition) is 4. The van der Waals surface area contributed by atoms with Gasteiger partial charge < -0.3 is 4.74 Å². The molecule has 0 amide bonds. The second-order valence-electron chi connectivity index (χ2n) is 2.04. The Labute approximate surface area is 64.9 Å². The number of methoxy groups -OCH3 is 1. The molecule has 0 spiro atoms. The summed E-state index contributed by atoms with van der Waals surface area (Å²) in [6.07, 6.45) is 3.30. The second kappa shape index (κ2) is 3.90. The number of hydrogen-bond donors (Lipinski definition) is 1. The zero-order valence-corrected chi connectivity index (χ0v) is 6.28. The molecule has 0 aromatic carbocycles. The third-order valence-corrected chi connectivity index (χ3v) is 1.26. The van der Waals surface area contributed by atoms with Crippen LogP contribution < -0.4 is 10.6 Å². The van der Waals surface area contributed by atoms with E-state index in [1.165, 1.54) is 0 Å². The van der Waals surface area contributed by atoms with Crippen LogP contribution in [0, 0.1) is 0 Å². The summed E-state index contributed by atoms with van der Waals surface area (Å²) in [4.78, 5) is 8.35. The largest absolute Gasteiger partial charge is 0.495 e. The Kier molecular flexibility index (Phi) is 2.83. The summed E-state index contributed by atoms with van der Waals surface area (Å²) in [5.41, 5.74) is 0.895. The molecule has 0 bridgehead atoms. The van der Waals surface area contributed by atoms with Gasteiger partial charge in [-0.05, 0) is 6.07 Å². The summed E-state index contributed by atoms with van der Waals surface area (Å²) in [6.45, 7) is 0.351. The number of ether oxygens (including phenoxy) is 1. The molecule has 0 radical (unpaired) electrons. The van der Waals surface area contributed by atoms with E-state index in [0.717, 1.165) is 5.56 Å². The molecule has 0 atom stereocenters. The van der Waals surface area contributed by atoms with E-state index in [1.807, 2.05) is 6.07 Å². The lowest BCUT2D eigenvalue weighted by atomic mass is 10.3. The Hall–Kier alpha value is -1.13. The van der Waals surface area contributed by atoms with Gasteiger partial charge in [0.05, 0.1) is 19.9 Å². The summed E-state index contributed by atoms with van der Waals surface area (Å²) >= 11 is 0. The van der Waals surface area contributed by atoms with Gasteiger partial charge in [0.15, 0.2) is 0 Å². The van der Waals surface area contributed by atoms with Crippen LogP contribution in [0.1, 0.15) is 5.56 Å². The summed E-state index contributed by atoms with van der Waals surface area (Å²) < 4.78 is 4.94. The van der Waals surface area contributed by atoms with Gasteiger partial charge in [-0.25, -0.2) is 5.90 Å². The van der Waals surface area contributed by atoms with Crippen LogP contribution in [0.25, 0.3) is 0 Å². The average molecular weight is 154 g/mol. The minimum Gasteiger partial charge on any atom is -0.495 e. The van der Waals surface area contributed by atoms with E-state index in [4.69, 9.17) is 10.6 Å². The lowest BCUT2D eigenvalue weighted by Gasteiger charge is -2.00. The number of pyridine rings is 1. The predicted octanol–water partition coefficient (Wildman–Crippen LogP) is 0.481. The molecule has 11 heavy (non-hydrogen) atoms. The van der Waals surface area contributed by atoms with Gasteiger partial charge in [-0.15, -0.1) is 0 Å². The highest BCUT2D eigenvalue weighted by Crippen LogP contribution is 2.09. The third kappa shape index (κ3) is 2.18. The number of nitrogens with two attached hydrogens (primary N) is 1. The highest BCUT2D eigenvalue weighted by atomic mass is 16.6. The molecule has 1 aromatic rings. The van der Waals surface area contributed by atoms with Crippen LogP contribution in [0.3, 0.4) is 0 Å². The van der Waals surface area contributed by atoms with Crippen molar-refractivity contribution in [2.45, 2.75) is 6.61 Å². The number of aromatic nitrogens is 1. The first kappa shape index (κ1) is 7.97. The van der Waals surface area contributed by atoms with E-state index in [1.54, 1.807) is 19.5 Å². The van der Waals surface area contributed by atoms with E-state index in [2.05, 4.69) is 9.82 Å². The zero-order chi connectivity index (χ0) is 8.10. The van der Waals surface area contributed by atoms with Crippen LogP contribution >= 0.6 is 0 Å². The van der Waals surface area contributed by atoms with Crippen LogP contribution in [0.2, 0.25) is 0 Å². The van der Waals surface area contributed by atoms with Crippen molar-refractivity contribution in [3.05, 3.63) is 24.0 Å². The van der Waals surface area contributed by atoms with E-state index >= 15 is 0 Å². The van der Waals surface area contributed by atoms with Crippen molar-refractivity contribution >= 4 is 0 Å². The first-order valence-corrected chi connectivity index (χ1v) is 3.16. The maximum atomic E-state index is 4.94. The molecule has 0 aliphatic rings. The Bertz CT molecular complexity index is 227. The van der Waals surface area contributed by atoms with Crippen LogP contribution in [0.4, 0.5) is 0 Å². The fourth-order valence-corrected chi connectivity index (χ4v) is 0.751. The summed E-state index contributed by atoms with van der Waals surface area (Å²) in [7, 11) is 1.59. The topological polar surface area (TPSA) is 57.4 Å².